The topological polar surface area (TPSA) is 12.9 Å². The van der Waals surface area contributed by atoms with Gasteiger partial charge in [-0.25, -0.2) is 11.3 Å². The predicted molar refractivity (Wildman–Crippen MR) is 63.9 cm³/mol. The fraction of sp³-hybridized carbons (Fsp3) is 0. The summed E-state index contributed by atoms with van der Waals surface area (Å²) in [5, 5.41) is 4.45. The Morgan fingerprint density at radius 1 is 1.12 bits per heavy atom. The summed E-state index contributed by atoms with van der Waals surface area (Å²) in [6.07, 6.45) is 1.85. The molecule has 0 saturated carbocycles. The Bertz CT molecular complexity index is 584. The van der Waals surface area contributed by atoms with Crippen LogP contribution in [-0.2, 0) is 20.1 Å². The van der Waals surface area contributed by atoms with Gasteiger partial charge in [0.1, 0.15) is 0 Å². The van der Waals surface area contributed by atoms with Crippen LogP contribution in [0.25, 0.3) is 21.3 Å². The minimum Gasteiger partial charge on any atom is -0.318 e. The Balaban J connectivity index is 0.000000963. The van der Waals surface area contributed by atoms with E-state index < -0.39 is 0 Å². The van der Waals surface area contributed by atoms with Gasteiger partial charge >= 0.3 is 0 Å². The third-order valence-electron chi connectivity index (χ3n) is 2.36. The van der Waals surface area contributed by atoms with Crippen LogP contribution in [0.4, 0.5) is 0 Å². The largest absolute Gasteiger partial charge is 0.318 e. The molecular weight excluding hydrogens is 394 g/mol. The molecule has 3 heteroatoms. The van der Waals surface area contributed by atoms with E-state index >= 15 is 0 Å². The number of thiophene rings is 1. The molecular formula is C13H8IrNS-. The van der Waals surface area contributed by atoms with Crippen LogP contribution in [-0.4, -0.2) is 4.98 Å². The van der Waals surface area contributed by atoms with Gasteiger partial charge in [0.2, 0.25) is 0 Å². The first-order chi connectivity index (χ1) is 7.45. The molecule has 0 amide bonds. The van der Waals surface area contributed by atoms with Crippen molar-refractivity contribution in [1.29, 1.82) is 0 Å². The Morgan fingerprint density at radius 3 is 2.81 bits per heavy atom. The molecule has 2 heterocycles. The van der Waals surface area contributed by atoms with Gasteiger partial charge in [0, 0.05) is 26.3 Å². The molecule has 0 aliphatic carbocycles. The number of benzene rings is 1. The number of fused-ring (bicyclic) bond motifs is 1. The standard InChI is InChI=1S/C13H8NS.Ir/c1-2-5-11-10(4-1)7-8-14-13(11)12-6-3-9-15-12;/h1-5,7-9H;/q-1;. The summed E-state index contributed by atoms with van der Waals surface area (Å²) in [6.45, 7) is 0. The number of rotatable bonds is 1. The van der Waals surface area contributed by atoms with E-state index in [0.717, 1.165) is 10.6 Å². The smallest absolute Gasteiger partial charge is 0.0131 e. The maximum Gasteiger partial charge on any atom is 0.0131 e. The Hall–Kier alpha value is -1.02. The average molecular weight is 402 g/mol. The van der Waals surface area contributed by atoms with Crippen LogP contribution < -0.4 is 0 Å². The number of nitrogens with zero attached hydrogens (tertiary/aromatic N) is 1. The van der Waals surface area contributed by atoms with Crippen molar-refractivity contribution in [2.45, 2.75) is 0 Å². The van der Waals surface area contributed by atoms with Crippen molar-refractivity contribution in [3.63, 3.8) is 0 Å². The molecule has 1 radical (unpaired) electrons. The summed E-state index contributed by atoms with van der Waals surface area (Å²) in [5.74, 6) is 0. The summed E-state index contributed by atoms with van der Waals surface area (Å²) in [4.78, 5) is 5.53. The molecule has 3 rings (SSSR count). The molecule has 0 N–H and O–H groups in total. The second-order valence-corrected chi connectivity index (χ2v) is 4.19. The molecule has 1 nitrogen and oxygen atoms in total. The molecule has 0 fully saturated rings. The first kappa shape index (κ1) is 11.5. The minimum absolute atomic E-state index is 0. The van der Waals surface area contributed by atoms with Gasteiger partial charge in [-0.3, -0.25) is 0 Å². The van der Waals surface area contributed by atoms with Gasteiger partial charge < -0.3 is 4.98 Å². The maximum absolute atomic E-state index is 4.43. The van der Waals surface area contributed by atoms with Crippen LogP contribution in [0.5, 0.6) is 0 Å². The van der Waals surface area contributed by atoms with E-state index in [-0.39, 0.29) is 20.1 Å². The molecule has 0 bridgehead atoms. The van der Waals surface area contributed by atoms with Crippen molar-refractivity contribution in [1.82, 2.24) is 4.98 Å². The van der Waals surface area contributed by atoms with Gasteiger partial charge in [-0.2, -0.15) is 12.1 Å². The minimum atomic E-state index is 0. The van der Waals surface area contributed by atoms with E-state index in [4.69, 9.17) is 0 Å². The van der Waals surface area contributed by atoms with Crippen LogP contribution in [0, 0.1) is 6.07 Å². The summed E-state index contributed by atoms with van der Waals surface area (Å²) in [7, 11) is 0. The molecule has 81 valence electrons. The molecule has 0 spiro atoms. The quantitative estimate of drug-likeness (QED) is 0.565. The normalized spacial score (nSPS) is 10.0. The third kappa shape index (κ3) is 1.94. The summed E-state index contributed by atoms with van der Waals surface area (Å²) in [6, 6.07) is 15.5. The average Bonchev–Trinajstić information content (AvgIpc) is 2.82. The SMILES string of the molecule is [Ir].[c-]1ccsc1-c1nccc2ccccc12. The van der Waals surface area contributed by atoms with E-state index in [1.165, 1.54) is 10.8 Å². The summed E-state index contributed by atoms with van der Waals surface area (Å²) < 4.78 is 0. The van der Waals surface area contributed by atoms with Crippen molar-refractivity contribution < 1.29 is 20.1 Å². The van der Waals surface area contributed by atoms with Gasteiger partial charge in [0.15, 0.2) is 0 Å². The van der Waals surface area contributed by atoms with E-state index in [0.29, 0.717) is 0 Å². The molecule has 1 aromatic carbocycles. The van der Waals surface area contributed by atoms with Gasteiger partial charge in [-0.05, 0) is 22.5 Å². The predicted octanol–water partition coefficient (Wildman–Crippen LogP) is 3.76. The van der Waals surface area contributed by atoms with Crippen molar-refractivity contribution in [3.8, 4) is 10.6 Å². The molecule has 0 aliphatic rings. The van der Waals surface area contributed by atoms with Crippen molar-refractivity contribution >= 4 is 22.1 Å². The second-order valence-electron chi connectivity index (χ2n) is 3.27. The molecule has 0 aliphatic heterocycles. The third-order valence-corrected chi connectivity index (χ3v) is 3.18. The maximum atomic E-state index is 4.43. The first-order valence-electron chi connectivity index (χ1n) is 4.74. The number of hydrogen-bond acceptors (Lipinski definition) is 2. The monoisotopic (exact) mass is 403 g/mol. The van der Waals surface area contributed by atoms with Gasteiger partial charge in [-0.15, -0.1) is 5.38 Å². The van der Waals surface area contributed by atoms with Gasteiger partial charge in [0.05, 0.1) is 0 Å². The molecule has 0 atom stereocenters. The van der Waals surface area contributed by atoms with E-state index in [9.17, 15) is 0 Å². The van der Waals surface area contributed by atoms with Crippen LogP contribution in [0.1, 0.15) is 0 Å². The van der Waals surface area contributed by atoms with E-state index in [2.05, 4.69) is 23.2 Å². The molecule has 0 saturated heterocycles. The van der Waals surface area contributed by atoms with Gasteiger partial charge in [0.25, 0.3) is 0 Å². The molecule has 3 aromatic rings. The van der Waals surface area contributed by atoms with Crippen LogP contribution in [0.3, 0.4) is 0 Å². The fourth-order valence-corrected chi connectivity index (χ4v) is 2.35. The van der Waals surface area contributed by atoms with Crippen molar-refractivity contribution in [2.24, 2.45) is 0 Å². The number of aromatic nitrogens is 1. The zero-order valence-electron chi connectivity index (χ0n) is 8.31. The van der Waals surface area contributed by atoms with Crippen LogP contribution >= 0.6 is 11.3 Å². The van der Waals surface area contributed by atoms with E-state index in [1.807, 2.05) is 35.8 Å². The second kappa shape index (κ2) is 4.87. The van der Waals surface area contributed by atoms with Crippen LogP contribution in [0.15, 0.2) is 48.0 Å². The van der Waals surface area contributed by atoms with Crippen LogP contribution in [0.2, 0.25) is 0 Å². The molecule has 16 heavy (non-hydrogen) atoms. The Labute approximate surface area is 112 Å². The fourth-order valence-electron chi connectivity index (χ4n) is 1.67. The zero-order valence-corrected chi connectivity index (χ0v) is 11.5. The Morgan fingerprint density at radius 2 is 2.00 bits per heavy atom. The first-order valence-corrected chi connectivity index (χ1v) is 5.62. The summed E-state index contributed by atoms with van der Waals surface area (Å²) >= 11 is 1.67. The molecule has 0 unspecified atom stereocenters. The van der Waals surface area contributed by atoms with Crippen molar-refractivity contribution in [2.75, 3.05) is 0 Å². The van der Waals surface area contributed by atoms with E-state index in [1.54, 1.807) is 11.3 Å². The van der Waals surface area contributed by atoms with Crippen molar-refractivity contribution in [3.05, 3.63) is 54.0 Å². The number of pyridine rings is 1. The zero-order chi connectivity index (χ0) is 10.1. The van der Waals surface area contributed by atoms with Gasteiger partial charge in [-0.1, -0.05) is 29.1 Å². The molecule has 2 aromatic heterocycles. The Kier molecular flexibility index (Phi) is 3.49. The summed E-state index contributed by atoms with van der Waals surface area (Å²) in [5.41, 5.74) is 1.03. The number of hydrogen-bond donors (Lipinski definition) is 0.